The van der Waals surface area contributed by atoms with Crippen LogP contribution in [0.3, 0.4) is 0 Å². The fourth-order valence-electron chi connectivity index (χ4n) is 1.99. The summed E-state index contributed by atoms with van der Waals surface area (Å²) in [5.74, 6) is 0.649. The van der Waals surface area contributed by atoms with E-state index in [0.29, 0.717) is 5.92 Å². The lowest BCUT2D eigenvalue weighted by atomic mass is 9.89. The Bertz CT molecular complexity index is 367. The summed E-state index contributed by atoms with van der Waals surface area (Å²) in [5, 5.41) is 0. The third-order valence-electron chi connectivity index (χ3n) is 4.19. The molecule has 108 valence electrons. The second-order valence-corrected chi connectivity index (χ2v) is 6.44. The van der Waals surface area contributed by atoms with E-state index in [9.17, 15) is 0 Å². The van der Waals surface area contributed by atoms with Crippen molar-refractivity contribution >= 4 is 5.69 Å². The van der Waals surface area contributed by atoms with E-state index < -0.39 is 0 Å². The van der Waals surface area contributed by atoms with E-state index >= 15 is 0 Å². The normalized spacial score (nSPS) is 13.4. The summed E-state index contributed by atoms with van der Waals surface area (Å²) in [6.45, 7) is 10.8. The Hall–Kier alpha value is -1.02. The highest BCUT2D eigenvalue weighted by molar-refractivity contribution is 5.47. The van der Waals surface area contributed by atoms with Crippen molar-refractivity contribution in [3.05, 3.63) is 29.8 Å². The minimum Gasteiger partial charge on any atom is -0.375 e. The van der Waals surface area contributed by atoms with Gasteiger partial charge in [-0.15, -0.1) is 0 Å². The van der Waals surface area contributed by atoms with Gasteiger partial charge < -0.3 is 10.6 Å². The van der Waals surface area contributed by atoms with Gasteiger partial charge in [0.25, 0.3) is 0 Å². The van der Waals surface area contributed by atoms with Crippen molar-refractivity contribution in [2.75, 3.05) is 25.0 Å². The molecule has 2 N–H and O–H groups in total. The fraction of sp³-hybridized carbons (Fsp3) is 0.647. The molecule has 1 unspecified atom stereocenters. The Labute approximate surface area is 119 Å². The van der Waals surface area contributed by atoms with E-state index in [1.54, 1.807) is 0 Å². The minimum absolute atomic E-state index is 0.227. The molecule has 0 heterocycles. The van der Waals surface area contributed by atoms with Crippen molar-refractivity contribution in [1.82, 2.24) is 0 Å². The largest absolute Gasteiger partial charge is 0.375 e. The summed E-state index contributed by atoms with van der Waals surface area (Å²) in [7, 11) is 2.16. The number of hydrogen-bond acceptors (Lipinski definition) is 2. The molecule has 0 aliphatic rings. The maximum absolute atomic E-state index is 5.78. The molecule has 1 aromatic carbocycles. The van der Waals surface area contributed by atoms with Gasteiger partial charge in [-0.2, -0.15) is 0 Å². The summed E-state index contributed by atoms with van der Waals surface area (Å²) in [6.07, 6.45) is 2.31. The monoisotopic (exact) mass is 262 g/mol. The summed E-state index contributed by atoms with van der Waals surface area (Å²) in [4.78, 5) is 2.32. The quantitative estimate of drug-likeness (QED) is 0.804. The van der Waals surface area contributed by atoms with Crippen LogP contribution in [0.15, 0.2) is 24.3 Å². The zero-order valence-corrected chi connectivity index (χ0v) is 13.2. The van der Waals surface area contributed by atoms with Gasteiger partial charge in [0.2, 0.25) is 0 Å². The van der Waals surface area contributed by atoms with Crippen LogP contribution in [-0.4, -0.2) is 20.1 Å². The van der Waals surface area contributed by atoms with E-state index in [1.165, 1.54) is 17.7 Å². The highest BCUT2D eigenvalue weighted by Crippen LogP contribution is 2.24. The molecule has 0 fully saturated rings. The van der Waals surface area contributed by atoms with Gasteiger partial charge >= 0.3 is 0 Å². The Morgan fingerprint density at radius 2 is 1.79 bits per heavy atom. The zero-order chi connectivity index (χ0) is 14.5. The molecule has 2 heteroatoms. The molecular weight excluding hydrogens is 232 g/mol. The summed E-state index contributed by atoms with van der Waals surface area (Å²) >= 11 is 0. The van der Waals surface area contributed by atoms with Crippen LogP contribution in [0, 0.1) is 5.41 Å². The van der Waals surface area contributed by atoms with E-state index in [2.05, 4.69) is 63.9 Å². The first-order chi connectivity index (χ1) is 8.89. The third-order valence-corrected chi connectivity index (χ3v) is 4.19. The number of nitrogens with zero attached hydrogens (tertiary/aromatic N) is 1. The predicted octanol–water partition coefficient (Wildman–Crippen LogP) is 4.01. The number of benzene rings is 1. The number of anilines is 1. The van der Waals surface area contributed by atoms with Crippen LogP contribution in [0.5, 0.6) is 0 Å². The topological polar surface area (TPSA) is 29.3 Å². The molecular formula is C17H30N2. The molecule has 0 aliphatic heterocycles. The highest BCUT2D eigenvalue weighted by atomic mass is 15.1. The molecule has 0 aromatic heterocycles. The van der Waals surface area contributed by atoms with E-state index in [4.69, 9.17) is 5.73 Å². The molecule has 19 heavy (non-hydrogen) atoms. The van der Waals surface area contributed by atoms with Crippen molar-refractivity contribution in [1.29, 1.82) is 0 Å². The molecule has 0 spiro atoms. The number of hydrogen-bond donors (Lipinski definition) is 1. The molecule has 0 aliphatic carbocycles. The minimum atomic E-state index is 0.227. The van der Waals surface area contributed by atoms with Crippen LogP contribution in [0.25, 0.3) is 0 Å². The van der Waals surface area contributed by atoms with Gasteiger partial charge in [0.15, 0.2) is 0 Å². The average Bonchev–Trinajstić information content (AvgIpc) is 2.44. The first-order valence-electron chi connectivity index (χ1n) is 7.41. The van der Waals surface area contributed by atoms with Gasteiger partial charge in [-0.1, -0.05) is 39.8 Å². The Kier molecular flexibility index (Phi) is 5.86. The fourth-order valence-corrected chi connectivity index (χ4v) is 1.99. The van der Waals surface area contributed by atoms with Crippen LogP contribution in [0.1, 0.15) is 52.0 Å². The van der Waals surface area contributed by atoms with Crippen molar-refractivity contribution in [3.8, 4) is 0 Å². The third kappa shape index (κ3) is 4.87. The predicted molar refractivity (Wildman–Crippen MR) is 85.9 cm³/mol. The van der Waals surface area contributed by atoms with E-state index in [-0.39, 0.29) is 5.41 Å². The molecule has 1 rings (SSSR count). The molecule has 2 nitrogen and oxygen atoms in total. The molecule has 1 aromatic rings. The highest BCUT2D eigenvalue weighted by Gasteiger charge is 2.16. The van der Waals surface area contributed by atoms with Crippen LogP contribution in [0.4, 0.5) is 5.69 Å². The van der Waals surface area contributed by atoms with Crippen molar-refractivity contribution in [3.63, 3.8) is 0 Å². The molecule has 0 radical (unpaired) electrons. The number of nitrogens with two attached hydrogens (primary N) is 1. The van der Waals surface area contributed by atoms with Gasteiger partial charge in [0, 0.05) is 19.3 Å². The van der Waals surface area contributed by atoms with Crippen LogP contribution in [-0.2, 0) is 0 Å². The second-order valence-electron chi connectivity index (χ2n) is 6.44. The maximum Gasteiger partial charge on any atom is 0.0363 e. The lowest BCUT2D eigenvalue weighted by Gasteiger charge is -2.27. The van der Waals surface area contributed by atoms with Gasteiger partial charge in [0.1, 0.15) is 0 Å². The Morgan fingerprint density at radius 3 is 2.26 bits per heavy atom. The van der Waals surface area contributed by atoms with Gasteiger partial charge in [-0.05, 0) is 48.4 Å². The Morgan fingerprint density at radius 1 is 1.21 bits per heavy atom. The maximum atomic E-state index is 5.78. The van der Waals surface area contributed by atoms with Crippen LogP contribution < -0.4 is 10.6 Å². The van der Waals surface area contributed by atoms with Crippen LogP contribution in [0.2, 0.25) is 0 Å². The van der Waals surface area contributed by atoms with E-state index in [1.807, 2.05) is 0 Å². The van der Waals surface area contributed by atoms with Gasteiger partial charge in [-0.25, -0.2) is 0 Å². The smallest absolute Gasteiger partial charge is 0.0363 e. The standard InChI is InChI=1S/C17H30N2/c1-6-14(2)15-7-9-16(10-8-15)19(5)12-11-17(3,4)13-18/h7-10,14H,6,11-13,18H2,1-5H3. The molecule has 0 bridgehead atoms. The van der Waals surface area contributed by atoms with Crippen molar-refractivity contribution in [2.24, 2.45) is 11.1 Å². The average molecular weight is 262 g/mol. The molecule has 1 atom stereocenters. The lowest BCUT2D eigenvalue weighted by molar-refractivity contribution is 0.351. The second kappa shape index (κ2) is 6.95. The summed E-state index contributed by atoms with van der Waals surface area (Å²) in [6, 6.07) is 8.98. The molecule has 0 amide bonds. The molecule has 0 saturated heterocycles. The summed E-state index contributed by atoms with van der Waals surface area (Å²) in [5.41, 5.74) is 8.73. The molecule has 0 saturated carbocycles. The SMILES string of the molecule is CCC(C)c1ccc(N(C)CCC(C)(C)CN)cc1. The van der Waals surface area contributed by atoms with E-state index in [0.717, 1.165) is 19.5 Å². The Balaban J connectivity index is 2.60. The number of rotatable bonds is 7. The zero-order valence-electron chi connectivity index (χ0n) is 13.2. The first-order valence-corrected chi connectivity index (χ1v) is 7.41. The van der Waals surface area contributed by atoms with Crippen molar-refractivity contribution in [2.45, 2.75) is 46.5 Å². The van der Waals surface area contributed by atoms with Crippen LogP contribution >= 0.6 is 0 Å². The lowest BCUT2D eigenvalue weighted by Crippen LogP contribution is -2.29. The van der Waals surface area contributed by atoms with Gasteiger partial charge in [-0.3, -0.25) is 0 Å². The first kappa shape index (κ1) is 16.0. The summed E-state index contributed by atoms with van der Waals surface area (Å²) < 4.78 is 0. The van der Waals surface area contributed by atoms with Crippen molar-refractivity contribution < 1.29 is 0 Å². The van der Waals surface area contributed by atoms with Gasteiger partial charge in [0.05, 0.1) is 0 Å².